The lowest BCUT2D eigenvalue weighted by Gasteiger charge is -2.12. The van der Waals surface area contributed by atoms with E-state index >= 15 is 0 Å². The first-order valence-electron chi connectivity index (χ1n) is 8.04. The first-order valence-corrected chi connectivity index (χ1v) is 9.30. The van der Waals surface area contributed by atoms with Crippen LogP contribution in [-0.4, -0.2) is 25.8 Å². The number of thioether (sulfide) groups is 1. The van der Waals surface area contributed by atoms with E-state index in [9.17, 15) is 4.79 Å². The van der Waals surface area contributed by atoms with Crippen molar-refractivity contribution in [1.82, 2.24) is 14.8 Å². The Morgan fingerprint density at radius 2 is 2.09 bits per heavy atom. The fourth-order valence-electron chi connectivity index (χ4n) is 2.75. The highest BCUT2D eigenvalue weighted by Gasteiger charge is 2.37. The zero-order valence-electron chi connectivity index (χ0n) is 12.9. The van der Waals surface area contributed by atoms with Gasteiger partial charge >= 0.3 is 0 Å². The third kappa shape index (κ3) is 3.17. The Kier molecular flexibility index (Phi) is 3.93. The lowest BCUT2D eigenvalue weighted by molar-refractivity contribution is 0.0994. The molecule has 6 heteroatoms. The van der Waals surface area contributed by atoms with Crippen molar-refractivity contribution in [2.45, 2.75) is 55.0 Å². The van der Waals surface area contributed by atoms with E-state index in [2.05, 4.69) is 14.8 Å². The molecule has 120 valence electrons. The summed E-state index contributed by atoms with van der Waals surface area (Å²) in [5, 5.41) is 10.0. The molecule has 0 radical (unpaired) electrons. The molecule has 2 aromatic rings. The Hall–Kier alpha value is -1.33. The maximum absolute atomic E-state index is 12.6. The summed E-state index contributed by atoms with van der Waals surface area (Å²) in [4.78, 5) is 12.6. The van der Waals surface area contributed by atoms with E-state index in [0.717, 1.165) is 11.0 Å². The molecule has 0 aliphatic heterocycles. The fraction of sp³-hybridized carbons (Fsp3) is 0.471. The van der Waals surface area contributed by atoms with E-state index in [1.807, 2.05) is 19.1 Å². The summed E-state index contributed by atoms with van der Waals surface area (Å²) >= 11 is 7.50. The summed E-state index contributed by atoms with van der Waals surface area (Å²) in [7, 11) is 0. The third-order valence-corrected chi connectivity index (χ3v) is 5.60. The molecule has 2 aliphatic carbocycles. The monoisotopic (exact) mass is 347 g/mol. The van der Waals surface area contributed by atoms with Gasteiger partial charge in [-0.3, -0.25) is 4.79 Å². The predicted octanol–water partition coefficient (Wildman–Crippen LogP) is 4.51. The molecular weight excluding hydrogens is 330 g/mol. The van der Waals surface area contributed by atoms with Gasteiger partial charge < -0.3 is 4.57 Å². The van der Waals surface area contributed by atoms with Gasteiger partial charge in [0, 0.05) is 22.5 Å². The van der Waals surface area contributed by atoms with Crippen LogP contribution in [0.5, 0.6) is 0 Å². The number of ketones is 1. The molecule has 2 fully saturated rings. The van der Waals surface area contributed by atoms with Gasteiger partial charge in [-0.1, -0.05) is 35.5 Å². The number of hydrogen-bond donors (Lipinski definition) is 0. The highest BCUT2D eigenvalue weighted by Crippen LogP contribution is 2.46. The van der Waals surface area contributed by atoms with E-state index in [4.69, 9.17) is 11.6 Å². The molecule has 1 aromatic carbocycles. The highest BCUT2D eigenvalue weighted by atomic mass is 35.5. The number of carbonyl (C=O) groups is 1. The smallest absolute Gasteiger partial charge is 0.192 e. The summed E-state index contributed by atoms with van der Waals surface area (Å²) in [5.74, 6) is 1.78. The van der Waals surface area contributed by atoms with Gasteiger partial charge in [-0.2, -0.15) is 0 Å². The van der Waals surface area contributed by atoms with E-state index < -0.39 is 0 Å². The largest absolute Gasteiger partial charge is 0.303 e. The second-order valence-corrected chi connectivity index (χ2v) is 8.10. The summed E-state index contributed by atoms with van der Waals surface area (Å²) in [5.41, 5.74) is 0.650. The molecule has 2 aliphatic rings. The van der Waals surface area contributed by atoms with Gasteiger partial charge in [-0.25, -0.2) is 0 Å². The van der Waals surface area contributed by atoms with Crippen molar-refractivity contribution < 1.29 is 4.79 Å². The van der Waals surface area contributed by atoms with Crippen LogP contribution >= 0.6 is 23.4 Å². The molecule has 1 aromatic heterocycles. The zero-order valence-corrected chi connectivity index (χ0v) is 14.5. The Morgan fingerprint density at radius 1 is 1.30 bits per heavy atom. The van der Waals surface area contributed by atoms with Gasteiger partial charge in [0.1, 0.15) is 5.82 Å². The quantitative estimate of drug-likeness (QED) is 0.570. The van der Waals surface area contributed by atoms with Gasteiger partial charge in [0.2, 0.25) is 0 Å². The lowest BCUT2D eigenvalue weighted by Crippen LogP contribution is -2.15. The van der Waals surface area contributed by atoms with Crippen LogP contribution in [0.2, 0.25) is 5.02 Å². The Balaban J connectivity index is 1.54. The van der Waals surface area contributed by atoms with E-state index in [0.29, 0.717) is 22.5 Å². The topological polar surface area (TPSA) is 47.8 Å². The SMILES string of the molecule is C[C@H](Sc1nnc(C2CC2)n1C1CC1)C(=O)c1cccc(Cl)c1. The average Bonchev–Trinajstić information content (AvgIpc) is 3.45. The van der Waals surface area contributed by atoms with Crippen molar-refractivity contribution in [2.75, 3.05) is 0 Å². The summed E-state index contributed by atoms with van der Waals surface area (Å²) in [6.45, 7) is 1.93. The summed E-state index contributed by atoms with van der Waals surface area (Å²) in [6.07, 6.45) is 4.82. The van der Waals surface area contributed by atoms with Crippen LogP contribution in [0.1, 0.15) is 60.7 Å². The fourth-order valence-corrected chi connectivity index (χ4v) is 3.95. The Bertz CT molecular complexity index is 752. The molecule has 0 spiro atoms. The van der Waals surface area contributed by atoms with Crippen molar-refractivity contribution >= 4 is 29.1 Å². The summed E-state index contributed by atoms with van der Waals surface area (Å²) in [6, 6.07) is 7.66. The van der Waals surface area contributed by atoms with Crippen LogP contribution in [0, 0.1) is 0 Å². The van der Waals surface area contributed by atoms with Crippen LogP contribution in [0.3, 0.4) is 0 Å². The number of rotatable bonds is 6. The van der Waals surface area contributed by atoms with Crippen LogP contribution in [0.4, 0.5) is 0 Å². The number of carbonyl (C=O) groups excluding carboxylic acids is 1. The molecule has 4 nitrogen and oxygen atoms in total. The first kappa shape index (κ1) is 15.2. The van der Waals surface area contributed by atoms with Crippen LogP contribution < -0.4 is 0 Å². The van der Waals surface area contributed by atoms with E-state index in [1.165, 1.54) is 37.4 Å². The number of hydrogen-bond acceptors (Lipinski definition) is 4. The third-order valence-electron chi connectivity index (χ3n) is 4.31. The molecule has 0 saturated heterocycles. The van der Waals surface area contributed by atoms with Gasteiger partial charge in [-0.05, 0) is 44.7 Å². The van der Waals surface area contributed by atoms with Crippen LogP contribution in [0.15, 0.2) is 29.4 Å². The molecule has 0 unspecified atom stereocenters. The minimum atomic E-state index is -0.206. The molecule has 0 bridgehead atoms. The second-order valence-electron chi connectivity index (χ2n) is 6.35. The van der Waals surface area contributed by atoms with Crippen LogP contribution in [-0.2, 0) is 0 Å². The zero-order chi connectivity index (χ0) is 16.0. The highest BCUT2D eigenvalue weighted by molar-refractivity contribution is 8.00. The molecule has 1 atom stereocenters. The minimum absolute atomic E-state index is 0.0795. The second kappa shape index (κ2) is 5.95. The average molecular weight is 348 g/mol. The van der Waals surface area contributed by atoms with Gasteiger partial charge in [0.15, 0.2) is 10.9 Å². The number of Topliss-reactive ketones (excluding diaryl/α,β-unsaturated/α-hetero) is 1. The van der Waals surface area contributed by atoms with E-state index in [1.54, 1.807) is 12.1 Å². The van der Waals surface area contributed by atoms with Crippen molar-refractivity contribution in [1.29, 1.82) is 0 Å². The lowest BCUT2D eigenvalue weighted by atomic mass is 10.1. The number of aromatic nitrogens is 3. The molecule has 4 rings (SSSR count). The van der Waals surface area contributed by atoms with Gasteiger partial charge in [0.25, 0.3) is 0 Å². The van der Waals surface area contributed by atoms with E-state index in [-0.39, 0.29) is 11.0 Å². The molecule has 2 saturated carbocycles. The Morgan fingerprint density at radius 3 is 2.74 bits per heavy atom. The standard InChI is InChI=1S/C17H18ClN3OS/c1-10(15(22)12-3-2-4-13(18)9-12)23-17-20-19-16(11-5-6-11)21(17)14-7-8-14/h2-4,9-11,14H,5-8H2,1H3/t10-/m0/s1. The number of nitrogens with zero attached hydrogens (tertiary/aromatic N) is 3. The van der Waals surface area contributed by atoms with Crippen molar-refractivity contribution in [3.63, 3.8) is 0 Å². The normalized spacial score (nSPS) is 18.9. The predicted molar refractivity (Wildman–Crippen MR) is 91.4 cm³/mol. The first-order chi connectivity index (χ1) is 11.1. The van der Waals surface area contributed by atoms with Crippen LogP contribution in [0.25, 0.3) is 0 Å². The van der Waals surface area contributed by atoms with Gasteiger partial charge in [-0.15, -0.1) is 10.2 Å². The maximum atomic E-state index is 12.6. The molecular formula is C17H18ClN3OS. The molecule has 0 N–H and O–H groups in total. The molecule has 0 amide bonds. The number of benzene rings is 1. The number of halogens is 1. The maximum Gasteiger partial charge on any atom is 0.192 e. The van der Waals surface area contributed by atoms with Crippen molar-refractivity contribution in [3.8, 4) is 0 Å². The Labute approximate surface area is 144 Å². The minimum Gasteiger partial charge on any atom is -0.303 e. The molecule has 23 heavy (non-hydrogen) atoms. The van der Waals surface area contributed by atoms with Crippen molar-refractivity contribution in [2.24, 2.45) is 0 Å². The van der Waals surface area contributed by atoms with Gasteiger partial charge in [0.05, 0.1) is 5.25 Å². The van der Waals surface area contributed by atoms with Crippen molar-refractivity contribution in [3.05, 3.63) is 40.7 Å². The summed E-state index contributed by atoms with van der Waals surface area (Å²) < 4.78 is 2.28. The molecule has 1 heterocycles.